The maximum atomic E-state index is 11.9. The van der Waals surface area contributed by atoms with Crippen molar-refractivity contribution in [2.24, 2.45) is 5.10 Å². The number of rotatable bonds is 6. The van der Waals surface area contributed by atoms with Gasteiger partial charge in [-0.1, -0.05) is 17.7 Å². The van der Waals surface area contributed by atoms with Gasteiger partial charge in [0, 0.05) is 16.3 Å². The fourth-order valence-corrected chi connectivity index (χ4v) is 2.29. The molecule has 28 heavy (non-hydrogen) atoms. The van der Waals surface area contributed by atoms with Gasteiger partial charge >= 0.3 is 17.8 Å². The summed E-state index contributed by atoms with van der Waals surface area (Å²) in [4.78, 5) is 34.5. The minimum absolute atomic E-state index is 0.212. The zero-order valence-corrected chi connectivity index (χ0v) is 15.9. The SMILES string of the molecule is Cc1ccc(NC(=O)C(=O)N/N=C\c2cc(Cl)ccc2OCC(=O)O)cc1C. The number of hydrogen-bond donors (Lipinski definition) is 3. The lowest BCUT2D eigenvalue weighted by atomic mass is 10.1. The summed E-state index contributed by atoms with van der Waals surface area (Å²) >= 11 is 5.90. The van der Waals surface area contributed by atoms with Gasteiger partial charge in [-0.15, -0.1) is 0 Å². The number of hydrogen-bond acceptors (Lipinski definition) is 5. The zero-order chi connectivity index (χ0) is 20.7. The summed E-state index contributed by atoms with van der Waals surface area (Å²) in [6, 6.07) is 9.74. The molecule has 0 fully saturated rings. The maximum Gasteiger partial charge on any atom is 0.341 e. The molecule has 0 aliphatic rings. The summed E-state index contributed by atoms with van der Waals surface area (Å²) < 4.78 is 5.12. The van der Waals surface area contributed by atoms with E-state index < -0.39 is 24.4 Å². The molecule has 2 aromatic rings. The molecule has 2 aromatic carbocycles. The summed E-state index contributed by atoms with van der Waals surface area (Å²) in [7, 11) is 0. The van der Waals surface area contributed by atoms with Crippen LogP contribution in [0.4, 0.5) is 5.69 Å². The number of aliphatic carboxylic acids is 1. The lowest BCUT2D eigenvalue weighted by Gasteiger charge is -2.08. The number of amides is 2. The molecule has 2 amide bonds. The second-order valence-corrected chi connectivity index (χ2v) is 6.25. The molecule has 0 spiro atoms. The fourth-order valence-electron chi connectivity index (χ4n) is 2.11. The number of nitrogens with zero attached hydrogens (tertiary/aromatic N) is 1. The summed E-state index contributed by atoms with van der Waals surface area (Å²) in [5.41, 5.74) is 4.96. The third-order valence-electron chi connectivity index (χ3n) is 3.66. The van der Waals surface area contributed by atoms with Crippen LogP contribution in [0.15, 0.2) is 41.5 Å². The summed E-state index contributed by atoms with van der Waals surface area (Å²) in [5, 5.41) is 15.2. The van der Waals surface area contributed by atoms with Crippen LogP contribution in [0.2, 0.25) is 5.02 Å². The van der Waals surface area contributed by atoms with Crippen LogP contribution in [-0.4, -0.2) is 35.7 Å². The summed E-state index contributed by atoms with van der Waals surface area (Å²) in [5.74, 6) is -2.78. The average Bonchev–Trinajstić information content (AvgIpc) is 2.63. The Morgan fingerprint density at radius 1 is 1.11 bits per heavy atom. The minimum Gasteiger partial charge on any atom is -0.481 e. The van der Waals surface area contributed by atoms with Crippen molar-refractivity contribution >= 4 is 41.3 Å². The highest BCUT2D eigenvalue weighted by atomic mass is 35.5. The third-order valence-corrected chi connectivity index (χ3v) is 3.90. The molecule has 0 atom stereocenters. The molecule has 0 unspecified atom stereocenters. The highest BCUT2D eigenvalue weighted by Gasteiger charge is 2.13. The number of anilines is 1. The lowest BCUT2D eigenvalue weighted by Crippen LogP contribution is -2.32. The molecule has 9 heteroatoms. The molecule has 146 valence electrons. The van der Waals surface area contributed by atoms with Crippen LogP contribution in [0, 0.1) is 13.8 Å². The smallest absolute Gasteiger partial charge is 0.341 e. The number of carboxylic acid groups (broad SMARTS) is 1. The number of carbonyl (C=O) groups excluding carboxylic acids is 2. The molecule has 0 saturated heterocycles. The van der Waals surface area contributed by atoms with E-state index >= 15 is 0 Å². The molecule has 2 rings (SSSR count). The molecule has 8 nitrogen and oxygen atoms in total. The van der Waals surface area contributed by atoms with E-state index in [1.54, 1.807) is 12.1 Å². The first kappa shape index (κ1) is 20.9. The first-order chi connectivity index (χ1) is 13.3. The van der Waals surface area contributed by atoms with E-state index in [4.69, 9.17) is 21.4 Å². The molecular weight excluding hydrogens is 386 g/mol. The van der Waals surface area contributed by atoms with Crippen LogP contribution < -0.4 is 15.5 Å². The van der Waals surface area contributed by atoms with Crippen molar-refractivity contribution in [1.29, 1.82) is 0 Å². The standard InChI is InChI=1S/C19H18ClN3O5/c1-11-3-5-15(7-12(11)2)22-18(26)19(27)23-21-9-13-8-14(20)4-6-16(13)28-10-17(24)25/h3-9H,10H2,1-2H3,(H,22,26)(H,23,27)(H,24,25)/b21-9-. The van der Waals surface area contributed by atoms with Gasteiger partial charge in [0.1, 0.15) is 5.75 Å². The van der Waals surface area contributed by atoms with Crippen LogP contribution in [0.5, 0.6) is 5.75 Å². The van der Waals surface area contributed by atoms with Gasteiger partial charge in [-0.25, -0.2) is 10.2 Å². The van der Waals surface area contributed by atoms with Gasteiger partial charge in [0.25, 0.3) is 0 Å². The van der Waals surface area contributed by atoms with Crippen LogP contribution in [0.1, 0.15) is 16.7 Å². The second-order valence-electron chi connectivity index (χ2n) is 5.82. The molecule has 0 heterocycles. The highest BCUT2D eigenvalue weighted by molar-refractivity contribution is 6.39. The largest absolute Gasteiger partial charge is 0.481 e. The van der Waals surface area contributed by atoms with Gasteiger partial charge in [-0.3, -0.25) is 9.59 Å². The number of hydrazone groups is 1. The van der Waals surface area contributed by atoms with Crippen LogP contribution in [-0.2, 0) is 14.4 Å². The van der Waals surface area contributed by atoms with E-state index in [1.165, 1.54) is 24.4 Å². The monoisotopic (exact) mass is 403 g/mol. The van der Waals surface area contributed by atoms with Gasteiger partial charge in [0.05, 0.1) is 6.21 Å². The number of halogens is 1. The van der Waals surface area contributed by atoms with Crippen molar-refractivity contribution in [3.05, 3.63) is 58.1 Å². The van der Waals surface area contributed by atoms with Gasteiger partial charge < -0.3 is 15.2 Å². The van der Waals surface area contributed by atoms with Gasteiger partial charge in [-0.05, 0) is 55.3 Å². The van der Waals surface area contributed by atoms with E-state index in [1.807, 2.05) is 19.9 Å². The Hall–Kier alpha value is -3.39. The number of aryl methyl sites for hydroxylation is 2. The molecule has 0 saturated carbocycles. The average molecular weight is 404 g/mol. The summed E-state index contributed by atoms with van der Waals surface area (Å²) in [6.07, 6.45) is 1.20. The maximum absolute atomic E-state index is 11.9. The number of nitrogens with one attached hydrogen (secondary N) is 2. The second kappa shape index (κ2) is 9.52. The molecule has 0 aliphatic heterocycles. The predicted octanol–water partition coefficient (Wildman–Crippen LogP) is 2.51. The first-order valence-electron chi connectivity index (χ1n) is 8.12. The quantitative estimate of drug-likeness (QED) is 0.389. The Morgan fingerprint density at radius 2 is 1.86 bits per heavy atom. The lowest BCUT2D eigenvalue weighted by molar-refractivity contribution is -0.139. The van der Waals surface area contributed by atoms with Crippen molar-refractivity contribution in [2.75, 3.05) is 11.9 Å². The van der Waals surface area contributed by atoms with E-state index in [2.05, 4.69) is 15.8 Å². The minimum atomic E-state index is -1.14. The Kier molecular flexibility index (Phi) is 7.11. The normalized spacial score (nSPS) is 10.5. The molecule has 0 bridgehead atoms. The highest BCUT2D eigenvalue weighted by Crippen LogP contribution is 2.21. The first-order valence-corrected chi connectivity index (χ1v) is 8.50. The van der Waals surface area contributed by atoms with Gasteiger partial charge in [0.2, 0.25) is 0 Å². The Balaban J connectivity index is 2.00. The number of ether oxygens (including phenoxy) is 1. The molecular formula is C19H18ClN3O5. The summed E-state index contributed by atoms with van der Waals surface area (Å²) in [6.45, 7) is 3.28. The molecule has 3 N–H and O–H groups in total. The van der Waals surface area contributed by atoms with Crippen molar-refractivity contribution in [1.82, 2.24) is 5.43 Å². The van der Waals surface area contributed by atoms with Crippen LogP contribution in [0.3, 0.4) is 0 Å². The molecule has 0 radical (unpaired) electrons. The van der Waals surface area contributed by atoms with Crippen molar-refractivity contribution in [3.63, 3.8) is 0 Å². The van der Waals surface area contributed by atoms with Crippen molar-refractivity contribution in [2.45, 2.75) is 13.8 Å². The van der Waals surface area contributed by atoms with Crippen molar-refractivity contribution < 1.29 is 24.2 Å². The van der Waals surface area contributed by atoms with Crippen molar-refractivity contribution in [3.8, 4) is 5.75 Å². The van der Waals surface area contributed by atoms with E-state index in [9.17, 15) is 14.4 Å². The fraction of sp³-hybridized carbons (Fsp3) is 0.158. The van der Waals surface area contributed by atoms with E-state index in [0.717, 1.165) is 11.1 Å². The van der Waals surface area contributed by atoms with E-state index in [0.29, 0.717) is 16.3 Å². The number of benzene rings is 2. The topological polar surface area (TPSA) is 117 Å². The Bertz CT molecular complexity index is 943. The van der Waals surface area contributed by atoms with Crippen LogP contribution in [0.25, 0.3) is 0 Å². The zero-order valence-electron chi connectivity index (χ0n) is 15.2. The number of carbonyl (C=O) groups is 3. The van der Waals surface area contributed by atoms with Gasteiger partial charge in [-0.2, -0.15) is 5.10 Å². The Labute approximate surface area is 166 Å². The van der Waals surface area contributed by atoms with Crippen LogP contribution >= 0.6 is 11.6 Å². The molecule has 0 aromatic heterocycles. The van der Waals surface area contributed by atoms with E-state index in [-0.39, 0.29) is 5.75 Å². The van der Waals surface area contributed by atoms with Gasteiger partial charge in [0.15, 0.2) is 6.61 Å². The Morgan fingerprint density at radius 3 is 2.54 bits per heavy atom. The molecule has 0 aliphatic carbocycles. The third kappa shape index (κ3) is 6.10. The number of carboxylic acids is 1. The predicted molar refractivity (Wildman–Crippen MR) is 105 cm³/mol.